The van der Waals surface area contributed by atoms with Crippen LogP contribution in [0.5, 0.6) is 0 Å². The first-order valence-corrected chi connectivity index (χ1v) is 7.53. The Kier molecular flexibility index (Phi) is 2.42. The number of ether oxygens (including phenoxy) is 1. The van der Waals surface area contributed by atoms with Gasteiger partial charge in [-0.25, -0.2) is 4.68 Å². The van der Waals surface area contributed by atoms with Crippen LogP contribution in [0, 0.1) is 11.3 Å². The molecule has 3 aliphatic rings. The zero-order valence-electron chi connectivity index (χ0n) is 11.3. The molecule has 0 amide bonds. The van der Waals surface area contributed by atoms with Crippen molar-refractivity contribution >= 4 is 21.7 Å². The Morgan fingerprint density at radius 2 is 2.35 bits per heavy atom. The van der Waals surface area contributed by atoms with Crippen LogP contribution in [0.25, 0.3) is 0 Å². The maximum atomic E-state index is 12.8. The summed E-state index contributed by atoms with van der Waals surface area (Å²) in [5.74, 6) is 0.715. The first kappa shape index (κ1) is 12.5. The lowest BCUT2D eigenvalue weighted by atomic mass is 9.66. The van der Waals surface area contributed by atoms with Crippen molar-refractivity contribution < 1.29 is 9.53 Å². The first-order chi connectivity index (χ1) is 9.52. The van der Waals surface area contributed by atoms with E-state index in [1.807, 2.05) is 13.0 Å². The molecule has 3 heterocycles. The van der Waals surface area contributed by atoms with Crippen LogP contribution < -0.4 is 0 Å². The van der Waals surface area contributed by atoms with Gasteiger partial charge in [0.25, 0.3) is 0 Å². The molecule has 4 rings (SSSR count). The van der Waals surface area contributed by atoms with Crippen molar-refractivity contribution in [2.75, 3.05) is 6.61 Å². The summed E-state index contributed by atoms with van der Waals surface area (Å²) in [4.78, 5) is 17.1. The highest BCUT2D eigenvalue weighted by molar-refractivity contribution is 9.10. The van der Waals surface area contributed by atoms with E-state index in [9.17, 15) is 4.79 Å². The summed E-state index contributed by atoms with van der Waals surface area (Å²) in [7, 11) is 0. The van der Waals surface area contributed by atoms with E-state index in [1.165, 1.54) is 5.57 Å². The molecular weight excluding hydrogens is 322 g/mol. The molecule has 0 fully saturated rings. The molecule has 1 aromatic heterocycles. The van der Waals surface area contributed by atoms with Crippen LogP contribution in [0.2, 0.25) is 0 Å². The van der Waals surface area contributed by atoms with Crippen molar-refractivity contribution in [1.82, 2.24) is 14.8 Å². The van der Waals surface area contributed by atoms with Gasteiger partial charge < -0.3 is 4.74 Å². The third kappa shape index (κ3) is 1.38. The predicted octanol–water partition coefficient (Wildman–Crippen LogP) is 2.66. The third-order valence-electron chi connectivity index (χ3n) is 4.57. The first-order valence-electron chi connectivity index (χ1n) is 6.73. The van der Waals surface area contributed by atoms with E-state index in [4.69, 9.17) is 4.74 Å². The fourth-order valence-electron chi connectivity index (χ4n) is 3.50. The lowest BCUT2D eigenvalue weighted by Gasteiger charge is -2.44. The molecule has 0 saturated heterocycles. The SMILES string of the molecule is CC1C=CC2(C)C(=O)c3nc(Br)nn3C3OCCC1=C32. The summed E-state index contributed by atoms with van der Waals surface area (Å²) in [5.41, 5.74) is 1.74. The highest BCUT2D eigenvalue weighted by Gasteiger charge is 2.52. The fourth-order valence-corrected chi connectivity index (χ4v) is 3.84. The van der Waals surface area contributed by atoms with Crippen LogP contribution in [0.15, 0.2) is 28.0 Å². The third-order valence-corrected chi connectivity index (χ3v) is 4.91. The molecule has 0 bridgehead atoms. The van der Waals surface area contributed by atoms with Gasteiger partial charge in [-0.1, -0.05) is 24.6 Å². The lowest BCUT2D eigenvalue weighted by Crippen LogP contribution is -2.45. The molecule has 3 unspecified atom stereocenters. The van der Waals surface area contributed by atoms with Crippen LogP contribution in [0.1, 0.15) is 37.1 Å². The Morgan fingerprint density at radius 1 is 1.55 bits per heavy atom. The summed E-state index contributed by atoms with van der Waals surface area (Å²) in [6.07, 6.45) is 4.71. The molecule has 0 radical (unpaired) electrons. The van der Waals surface area contributed by atoms with Gasteiger partial charge in [0.05, 0.1) is 12.0 Å². The van der Waals surface area contributed by atoms with Gasteiger partial charge in [0, 0.05) is 0 Å². The maximum absolute atomic E-state index is 12.8. The zero-order valence-corrected chi connectivity index (χ0v) is 12.8. The van der Waals surface area contributed by atoms with Gasteiger partial charge in [-0.3, -0.25) is 4.79 Å². The quantitative estimate of drug-likeness (QED) is 0.684. The largest absolute Gasteiger partial charge is 0.352 e. The monoisotopic (exact) mass is 335 g/mol. The van der Waals surface area contributed by atoms with E-state index < -0.39 is 5.41 Å². The van der Waals surface area contributed by atoms with Crippen LogP contribution >= 0.6 is 15.9 Å². The van der Waals surface area contributed by atoms with Gasteiger partial charge in [-0.15, -0.1) is 5.10 Å². The molecule has 1 aliphatic carbocycles. The normalized spacial score (nSPS) is 35.0. The van der Waals surface area contributed by atoms with E-state index in [0.717, 1.165) is 12.0 Å². The highest BCUT2D eigenvalue weighted by Crippen LogP contribution is 2.51. The van der Waals surface area contributed by atoms with Crippen LogP contribution in [-0.4, -0.2) is 27.2 Å². The number of ketones is 1. The highest BCUT2D eigenvalue weighted by atomic mass is 79.9. The molecule has 20 heavy (non-hydrogen) atoms. The maximum Gasteiger partial charge on any atom is 0.218 e. The van der Waals surface area contributed by atoms with Gasteiger partial charge in [0.2, 0.25) is 10.5 Å². The summed E-state index contributed by atoms with van der Waals surface area (Å²) in [6.45, 7) is 4.78. The standard InChI is InChI=1S/C14H14BrN3O2/c1-7-3-5-14(2)9-8(7)4-6-20-12(9)18-11(10(14)19)16-13(15)17-18/h3,5,7,12H,4,6H2,1-2H3. The van der Waals surface area contributed by atoms with Gasteiger partial charge in [0.15, 0.2) is 12.1 Å². The van der Waals surface area contributed by atoms with E-state index >= 15 is 0 Å². The second-order valence-corrected chi connectivity index (χ2v) is 6.45. The summed E-state index contributed by atoms with van der Waals surface area (Å²) < 4.78 is 7.96. The van der Waals surface area contributed by atoms with E-state index in [2.05, 4.69) is 39.0 Å². The number of allylic oxidation sites excluding steroid dienone is 2. The molecule has 0 saturated carbocycles. The lowest BCUT2D eigenvalue weighted by molar-refractivity contribution is -0.0120. The number of carbonyl (C=O) groups excluding carboxylic acids is 1. The van der Waals surface area contributed by atoms with Gasteiger partial charge in [-0.2, -0.15) is 4.98 Å². The molecule has 5 nitrogen and oxygen atoms in total. The number of hydrogen-bond acceptors (Lipinski definition) is 4. The van der Waals surface area contributed by atoms with Crippen LogP contribution in [-0.2, 0) is 4.74 Å². The summed E-state index contributed by atoms with van der Waals surface area (Å²) in [6, 6.07) is 0. The van der Waals surface area contributed by atoms with Gasteiger partial charge >= 0.3 is 0 Å². The molecule has 2 aliphatic heterocycles. The topological polar surface area (TPSA) is 57.0 Å². The number of nitrogens with zero attached hydrogens (tertiary/aromatic N) is 3. The Bertz CT molecular complexity index is 691. The van der Waals surface area contributed by atoms with Crippen molar-refractivity contribution in [3.05, 3.63) is 33.9 Å². The van der Waals surface area contributed by atoms with E-state index in [0.29, 0.717) is 23.1 Å². The van der Waals surface area contributed by atoms with Crippen LogP contribution in [0.4, 0.5) is 0 Å². The minimum absolute atomic E-state index is 0.00639. The second kappa shape index (κ2) is 3.89. The number of carbonyl (C=O) groups is 1. The molecule has 0 N–H and O–H groups in total. The van der Waals surface area contributed by atoms with Gasteiger partial charge in [-0.05, 0) is 40.8 Å². The van der Waals surface area contributed by atoms with E-state index in [1.54, 1.807) is 4.68 Å². The Labute approximate surface area is 124 Å². The van der Waals surface area contributed by atoms with Crippen molar-refractivity contribution in [2.24, 2.45) is 11.3 Å². The number of rotatable bonds is 0. The number of hydrogen-bond donors (Lipinski definition) is 0. The Balaban J connectivity index is 2.04. The fraction of sp³-hybridized carbons (Fsp3) is 0.500. The van der Waals surface area contributed by atoms with Crippen molar-refractivity contribution in [1.29, 1.82) is 0 Å². The number of halogens is 1. The van der Waals surface area contributed by atoms with Gasteiger partial charge in [0.1, 0.15) is 0 Å². The molecule has 0 aromatic carbocycles. The smallest absolute Gasteiger partial charge is 0.218 e. The minimum Gasteiger partial charge on any atom is -0.352 e. The molecular formula is C14H14BrN3O2. The summed E-state index contributed by atoms with van der Waals surface area (Å²) in [5, 5.41) is 4.29. The average Bonchev–Trinajstić information content (AvgIpc) is 2.83. The predicted molar refractivity (Wildman–Crippen MR) is 75.1 cm³/mol. The molecule has 3 atom stereocenters. The Hall–Kier alpha value is -1.27. The van der Waals surface area contributed by atoms with Crippen molar-refractivity contribution in [2.45, 2.75) is 26.5 Å². The summed E-state index contributed by atoms with van der Waals surface area (Å²) >= 11 is 3.25. The van der Waals surface area contributed by atoms with Crippen molar-refractivity contribution in [3.8, 4) is 0 Å². The van der Waals surface area contributed by atoms with E-state index in [-0.39, 0.29) is 12.0 Å². The Morgan fingerprint density at radius 3 is 3.15 bits per heavy atom. The number of fused-ring (bicyclic) bond motifs is 2. The number of Topliss-reactive ketones (excluding diaryl/α,β-unsaturated/α-hetero) is 1. The van der Waals surface area contributed by atoms with Crippen LogP contribution in [0.3, 0.4) is 0 Å². The zero-order chi connectivity index (χ0) is 14.1. The van der Waals surface area contributed by atoms with Crippen molar-refractivity contribution in [3.63, 3.8) is 0 Å². The minimum atomic E-state index is -0.643. The molecule has 1 aromatic rings. The molecule has 104 valence electrons. The average molecular weight is 336 g/mol. The molecule has 6 heteroatoms. The number of aromatic nitrogens is 3. The second-order valence-electron chi connectivity index (χ2n) is 5.74. The molecule has 0 spiro atoms.